The molecule has 13 nitrogen and oxygen atoms in total. The number of nitrogens with two attached hydrogens (primary N) is 1. The lowest BCUT2D eigenvalue weighted by Gasteiger charge is -2.19. The fourth-order valence-electron chi connectivity index (χ4n) is 4.35. The van der Waals surface area contributed by atoms with Gasteiger partial charge in [0, 0.05) is 6.54 Å². The molecule has 2 aromatic carbocycles. The average molecular weight is 537 g/mol. The monoisotopic (exact) mass is 536 g/mol. The van der Waals surface area contributed by atoms with Crippen LogP contribution in [-0.2, 0) is 20.8 Å². The normalized spacial score (nSPS) is 20.7. The van der Waals surface area contributed by atoms with E-state index in [4.69, 9.17) is 15.2 Å². The lowest BCUT2D eigenvalue weighted by atomic mass is 10.0. The van der Waals surface area contributed by atoms with Gasteiger partial charge in [0.1, 0.15) is 30.4 Å². The molecule has 4 aromatic rings. The highest BCUT2D eigenvalue weighted by Crippen LogP contribution is 2.35. The van der Waals surface area contributed by atoms with Crippen LogP contribution >= 0.6 is 0 Å². The average Bonchev–Trinajstić information content (AvgIpc) is 3.47. The first-order valence-corrected chi connectivity index (χ1v) is 12.1. The molecule has 39 heavy (non-hydrogen) atoms. The molecule has 3 heterocycles. The molecule has 4 atom stereocenters. The predicted molar refractivity (Wildman–Crippen MR) is 139 cm³/mol. The summed E-state index contributed by atoms with van der Waals surface area (Å²) in [4.78, 5) is 24.1. The number of carbonyl (C=O) groups is 1. The number of rotatable bonds is 9. The summed E-state index contributed by atoms with van der Waals surface area (Å²) in [6.45, 7) is -0.281. The Morgan fingerprint density at radius 1 is 1.13 bits per heavy atom. The van der Waals surface area contributed by atoms with E-state index in [-0.39, 0.29) is 12.4 Å². The van der Waals surface area contributed by atoms with Crippen molar-refractivity contribution in [3.8, 4) is 16.9 Å². The van der Waals surface area contributed by atoms with Gasteiger partial charge in [-0.05, 0) is 28.8 Å². The first kappa shape index (κ1) is 26.3. The van der Waals surface area contributed by atoms with Crippen molar-refractivity contribution in [3.63, 3.8) is 0 Å². The molecule has 0 saturated carbocycles. The summed E-state index contributed by atoms with van der Waals surface area (Å²) < 4.78 is 17.3. The Morgan fingerprint density at radius 3 is 2.64 bits per heavy atom. The number of aliphatic hydroxyl groups excluding tert-OH is 3. The number of ether oxygens (including phenoxy) is 3. The van der Waals surface area contributed by atoms with Gasteiger partial charge >= 0.3 is 5.97 Å². The molecule has 1 aliphatic rings. The number of hydrogen-bond acceptors (Lipinski definition) is 12. The summed E-state index contributed by atoms with van der Waals surface area (Å²) in [6, 6.07) is 15.2. The summed E-state index contributed by atoms with van der Waals surface area (Å²) in [5.74, 6) is 0.538. The van der Waals surface area contributed by atoms with Crippen LogP contribution in [-0.4, -0.2) is 79.4 Å². The molecule has 0 unspecified atom stereocenters. The Labute approximate surface area is 222 Å². The van der Waals surface area contributed by atoms with E-state index in [1.165, 1.54) is 18.0 Å². The van der Waals surface area contributed by atoms with Gasteiger partial charge in [-0.25, -0.2) is 19.7 Å². The van der Waals surface area contributed by atoms with Crippen LogP contribution in [0.25, 0.3) is 22.3 Å². The number of methoxy groups -OCH3 is 1. The Balaban J connectivity index is 1.35. The van der Waals surface area contributed by atoms with Crippen LogP contribution < -0.4 is 15.8 Å². The number of anilines is 2. The maximum absolute atomic E-state index is 11.4. The molecule has 204 valence electrons. The van der Waals surface area contributed by atoms with Crippen LogP contribution in [0, 0.1) is 0 Å². The summed E-state index contributed by atoms with van der Waals surface area (Å²) >= 11 is 0. The van der Waals surface area contributed by atoms with Crippen LogP contribution in [0.2, 0.25) is 0 Å². The second kappa shape index (κ2) is 11.2. The standard InChI is InChI=1S/C26H28N6O7/c1-37-19(34)12-38-17-4-2-3-16(9-17)15-7-5-14(6-8-15)10-28-26-31-20-23(27)29-13-30-24(20)32(26)25-22(36)21(35)18(11-33)39-25/h2-9,13,18,21-22,25,33,35-36H,10-12H2,1H3,(H,28,31)(H2,27,29,30)/t18-,21-,22-,25-/m1/s1. The summed E-state index contributed by atoms with van der Waals surface area (Å²) in [5.41, 5.74) is 9.41. The second-order valence-electron chi connectivity index (χ2n) is 8.91. The van der Waals surface area contributed by atoms with E-state index in [0.717, 1.165) is 16.7 Å². The van der Waals surface area contributed by atoms with Gasteiger partial charge in [0.05, 0.1) is 13.7 Å². The Kier molecular flexibility index (Phi) is 7.56. The third-order valence-corrected chi connectivity index (χ3v) is 6.43. The summed E-state index contributed by atoms with van der Waals surface area (Å²) in [7, 11) is 1.31. The van der Waals surface area contributed by atoms with Crippen LogP contribution in [0.5, 0.6) is 5.75 Å². The van der Waals surface area contributed by atoms with Crippen LogP contribution in [0.15, 0.2) is 54.9 Å². The van der Waals surface area contributed by atoms with Gasteiger partial charge in [0.15, 0.2) is 29.8 Å². The van der Waals surface area contributed by atoms with E-state index >= 15 is 0 Å². The molecule has 13 heteroatoms. The zero-order valence-corrected chi connectivity index (χ0v) is 21.0. The highest BCUT2D eigenvalue weighted by atomic mass is 16.6. The van der Waals surface area contributed by atoms with Crippen molar-refractivity contribution >= 4 is 28.9 Å². The van der Waals surface area contributed by atoms with Gasteiger partial charge < -0.3 is 40.6 Å². The summed E-state index contributed by atoms with van der Waals surface area (Å²) in [6.07, 6.45) is -3.37. The van der Waals surface area contributed by atoms with Crippen molar-refractivity contribution in [2.45, 2.75) is 31.1 Å². The van der Waals surface area contributed by atoms with Crippen molar-refractivity contribution < 1.29 is 34.3 Å². The first-order valence-electron chi connectivity index (χ1n) is 12.1. The molecule has 0 amide bonds. The minimum atomic E-state index is -1.33. The van der Waals surface area contributed by atoms with E-state index in [0.29, 0.717) is 29.4 Å². The van der Waals surface area contributed by atoms with E-state index in [1.54, 1.807) is 6.07 Å². The number of fused-ring (bicyclic) bond motifs is 1. The first-order chi connectivity index (χ1) is 18.9. The molecule has 2 aromatic heterocycles. The highest BCUT2D eigenvalue weighted by Gasteiger charge is 2.45. The summed E-state index contributed by atoms with van der Waals surface area (Å²) in [5, 5.41) is 33.7. The smallest absolute Gasteiger partial charge is 0.343 e. The SMILES string of the molecule is COC(=O)COc1cccc(-c2ccc(CNc3nc4c(N)ncnc4n3[C@@H]3O[C@H](CO)[C@@H](O)[C@H]3O)cc2)c1. The number of benzene rings is 2. The van der Waals surface area contributed by atoms with E-state index in [9.17, 15) is 20.1 Å². The lowest BCUT2D eigenvalue weighted by molar-refractivity contribution is -0.142. The lowest BCUT2D eigenvalue weighted by Crippen LogP contribution is -2.33. The molecule has 5 rings (SSSR count). The van der Waals surface area contributed by atoms with Crippen molar-refractivity contribution in [3.05, 3.63) is 60.4 Å². The van der Waals surface area contributed by atoms with Gasteiger partial charge in [-0.2, -0.15) is 0 Å². The topological polar surface area (TPSA) is 187 Å². The predicted octanol–water partition coefficient (Wildman–Crippen LogP) is 0.851. The second-order valence-corrected chi connectivity index (χ2v) is 8.91. The number of aliphatic hydroxyl groups is 3. The third kappa shape index (κ3) is 5.33. The fourth-order valence-corrected chi connectivity index (χ4v) is 4.35. The Hall–Kier alpha value is -4.30. The maximum atomic E-state index is 11.4. The number of nitrogen functional groups attached to an aromatic ring is 1. The quantitative estimate of drug-likeness (QED) is 0.190. The molecule has 6 N–H and O–H groups in total. The number of imidazole rings is 1. The fraction of sp³-hybridized carbons (Fsp3) is 0.308. The zero-order chi connectivity index (χ0) is 27.5. The molecule has 0 aliphatic carbocycles. The number of hydrogen-bond donors (Lipinski definition) is 5. The molecule has 1 saturated heterocycles. The van der Waals surface area contributed by atoms with Gasteiger partial charge in [-0.1, -0.05) is 36.4 Å². The minimum Gasteiger partial charge on any atom is -0.482 e. The Morgan fingerprint density at radius 2 is 1.92 bits per heavy atom. The number of aromatic nitrogens is 4. The molecule has 1 fully saturated rings. The van der Waals surface area contributed by atoms with Crippen molar-refractivity contribution in [1.29, 1.82) is 0 Å². The van der Waals surface area contributed by atoms with Crippen LogP contribution in [0.4, 0.5) is 11.8 Å². The number of nitrogens with zero attached hydrogens (tertiary/aromatic N) is 4. The van der Waals surface area contributed by atoms with E-state index in [1.807, 2.05) is 42.5 Å². The maximum Gasteiger partial charge on any atom is 0.343 e. The third-order valence-electron chi connectivity index (χ3n) is 6.43. The molecule has 0 radical (unpaired) electrons. The number of nitrogens with one attached hydrogen (secondary N) is 1. The molecule has 1 aliphatic heterocycles. The van der Waals surface area contributed by atoms with Crippen molar-refractivity contribution in [2.24, 2.45) is 0 Å². The number of carbonyl (C=O) groups excluding carboxylic acids is 1. The molecule has 0 bridgehead atoms. The largest absolute Gasteiger partial charge is 0.482 e. The highest BCUT2D eigenvalue weighted by molar-refractivity contribution is 5.84. The van der Waals surface area contributed by atoms with E-state index < -0.39 is 37.1 Å². The van der Waals surface area contributed by atoms with Gasteiger partial charge in [-0.15, -0.1) is 0 Å². The van der Waals surface area contributed by atoms with Gasteiger partial charge in [-0.3, -0.25) is 4.57 Å². The van der Waals surface area contributed by atoms with Crippen LogP contribution in [0.3, 0.4) is 0 Å². The van der Waals surface area contributed by atoms with E-state index in [2.05, 4.69) is 25.0 Å². The van der Waals surface area contributed by atoms with Crippen molar-refractivity contribution in [2.75, 3.05) is 31.4 Å². The van der Waals surface area contributed by atoms with Gasteiger partial charge in [0.25, 0.3) is 0 Å². The molecule has 0 spiro atoms. The number of esters is 1. The minimum absolute atomic E-state index is 0.149. The molecular weight excluding hydrogens is 508 g/mol. The van der Waals surface area contributed by atoms with Crippen molar-refractivity contribution in [1.82, 2.24) is 19.5 Å². The van der Waals surface area contributed by atoms with Crippen LogP contribution in [0.1, 0.15) is 11.8 Å². The van der Waals surface area contributed by atoms with Gasteiger partial charge in [0.2, 0.25) is 5.95 Å². The Bertz CT molecular complexity index is 1460. The zero-order valence-electron chi connectivity index (χ0n) is 21.0. The molecular formula is C26H28N6O7.